The summed E-state index contributed by atoms with van der Waals surface area (Å²) in [6.07, 6.45) is 2.69. The van der Waals surface area contributed by atoms with E-state index in [2.05, 4.69) is 10.2 Å². The zero-order valence-corrected chi connectivity index (χ0v) is 8.57. The first-order chi connectivity index (χ1) is 6.66. The van der Waals surface area contributed by atoms with Crippen LogP contribution < -0.4 is 5.73 Å². The van der Waals surface area contributed by atoms with E-state index in [4.69, 9.17) is 17.3 Å². The van der Waals surface area contributed by atoms with Crippen LogP contribution in [0.25, 0.3) is 5.65 Å². The molecule has 1 atom stereocenters. The van der Waals surface area contributed by atoms with E-state index in [-0.39, 0.29) is 6.04 Å². The highest BCUT2D eigenvalue weighted by molar-refractivity contribution is 6.28. The molecule has 2 aromatic rings. The molecule has 0 spiro atoms. The number of aromatic nitrogens is 3. The van der Waals surface area contributed by atoms with Gasteiger partial charge in [0.1, 0.15) is 0 Å². The second-order valence-corrected chi connectivity index (χ2v) is 3.75. The van der Waals surface area contributed by atoms with Crippen molar-refractivity contribution in [2.75, 3.05) is 0 Å². The third-order valence-electron chi connectivity index (χ3n) is 1.99. The summed E-state index contributed by atoms with van der Waals surface area (Å²) in [4.78, 5) is 0. The third kappa shape index (κ3) is 1.71. The zero-order valence-electron chi connectivity index (χ0n) is 7.81. The smallest absolute Gasteiger partial charge is 0.229 e. The molecule has 4 nitrogen and oxygen atoms in total. The van der Waals surface area contributed by atoms with E-state index < -0.39 is 0 Å². The van der Waals surface area contributed by atoms with Crippen molar-refractivity contribution in [2.24, 2.45) is 5.73 Å². The molecule has 74 valence electrons. The summed E-state index contributed by atoms with van der Waals surface area (Å²) in [5.74, 6) is 0. The predicted molar refractivity (Wildman–Crippen MR) is 55.4 cm³/mol. The third-order valence-corrected chi connectivity index (χ3v) is 2.25. The van der Waals surface area contributed by atoms with Gasteiger partial charge in [0.25, 0.3) is 0 Å². The number of nitrogens with two attached hydrogens (primary N) is 1. The molecule has 0 aliphatic heterocycles. The second kappa shape index (κ2) is 3.55. The number of pyridine rings is 1. The Balaban J connectivity index is 2.42. The van der Waals surface area contributed by atoms with Gasteiger partial charge in [-0.15, -0.1) is 10.2 Å². The quantitative estimate of drug-likeness (QED) is 0.812. The van der Waals surface area contributed by atoms with Crippen LogP contribution in [-0.4, -0.2) is 20.6 Å². The lowest BCUT2D eigenvalue weighted by Crippen LogP contribution is -2.17. The van der Waals surface area contributed by atoms with Crippen LogP contribution in [0.5, 0.6) is 0 Å². The van der Waals surface area contributed by atoms with Crippen molar-refractivity contribution in [3.05, 3.63) is 29.2 Å². The molecule has 2 rings (SSSR count). The maximum absolute atomic E-state index is 5.80. The van der Waals surface area contributed by atoms with Crippen LogP contribution in [0.4, 0.5) is 0 Å². The number of halogens is 1. The summed E-state index contributed by atoms with van der Waals surface area (Å²) in [7, 11) is 0. The molecule has 0 saturated carbocycles. The van der Waals surface area contributed by atoms with E-state index in [1.807, 2.05) is 25.3 Å². The van der Waals surface area contributed by atoms with Crippen LogP contribution in [0.3, 0.4) is 0 Å². The van der Waals surface area contributed by atoms with E-state index in [9.17, 15) is 0 Å². The first-order valence-electron chi connectivity index (χ1n) is 4.41. The van der Waals surface area contributed by atoms with Crippen LogP contribution in [-0.2, 0) is 6.42 Å². The Kier molecular flexibility index (Phi) is 2.39. The molecule has 0 amide bonds. The fourth-order valence-corrected chi connectivity index (χ4v) is 1.58. The average Bonchev–Trinajstić information content (AvgIpc) is 2.46. The highest BCUT2D eigenvalue weighted by atomic mass is 35.5. The van der Waals surface area contributed by atoms with Crippen LogP contribution >= 0.6 is 11.6 Å². The molecule has 0 aromatic carbocycles. The monoisotopic (exact) mass is 210 g/mol. The minimum Gasteiger partial charge on any atom is -0.328 e. The van der Waals surface area contributed by atoms with Gasteiger partial charge in [0.05, 0.1) is 0 Å². The molecule has 0 bridgehead atoms. The van der Waals surface area contributed by atoms with Crippen molar-refractivity contribution in [1.82, 2.24) is 14.6 Å². The average molecular weight is 211 g/mol. The van der Waals surface area contributed by atoms with E-state index in [0.29, 0.717) is 5.28 Å². The Morgan fingerprint density at radius 2 is 2.36 bits per heavy atom. The highest BCUT2D eigenvalue weighted by Gasteiger charge is 2.04. The van der Waals surface area contributed by atoms with Crippen molar-refractivity contribution in [2.45, 2.75) is 19.4 Å². The molecule has 2 heterocycles. The van der Waals surface area contributed by atoms with Crippen LogP contribution in [0, 0.1) is 0 Å². The minimum absolute atomic E-state index is 0.149. The van der Waals surface area contributed by atoms with E-state index in [1.54, 1.807) is 4.40 Å². The summed E-state index contributed by atoms with van der Waals surface area (Å²) in [6.45, 7) is 1.97. The molecule has 0 saturated heterocycles. The Labute approximate surface area is 86.7 Å². The van der Waals surface area contributed by atoms with Crippen molar-refractivity contribution in [3.63, 3.8) is 0 Å². The number of hydrogen-bond donors (Lipinski definition) is 1. The summed E-state index contributed by atoms with van der Waals surface area (Å²) in [5, 5.41) is 8.07. The molecular formula is C9H11ClN4. The molecule has 14 heavy (non-hydrogen) atoms. The van der Waals surface area contributed by atoms with Gasteiger partial charge in [-0.2, -0.15) is 0 Å². The Hall–Kier alpha value is -1.13. The molecule has 2 aromatic heterocycles. The van der Waals surface area contributed by atoms with E-state index in [0.717, 1.165) is 17.6 Å². The topological polar surface area (TPSA) is 56.2 Å². The zero-order chi connectivity index (χ0) is 10.1. The van der Waals surface area contributed by atoms with Gasteiger partial charge in [0.15, 0.2) is 5.65 Å². The van der Waals surface area contributed by atoms with Crippen molar-refractivity contribution in [3.8, 4) is 0 Å². The lowest BCUT2D eigenvalue weighted by molar-refractivity contribution is 0.737. The SMILES string of the molecule is CC(N)Cc1ccn2c(Cl)nnc2c1. The van der Waals surface area contributed by atoms with Gasteiger partial charge >= 0.3 is 0 Å². The van der Waals surface area contributed by atoms with Gasteiger partial charge < -0.3 is 5.73 Å². The van der Waals surface area contributed by atoms with Crippen molar-refractivity contribution < 1.29 is 0 Å². The number of rotatable bonds is 2. The predicted octanol–water partition coefficient (Wildman–Crippen LogP) is 1.27. The molecule has 0 radical (unpaired) electrons. The summed E-state index contributed by atoms with van der Waals surface area (Å²) < 4.78 is 1.73. The Morgan fingerprint density at radius 1 is 1.57 bits per heavy atom. The molecule has 0 fully saturated rings. The first kappa shape index (κ1) is 9.43. The fraction of sp³-hybridized carbons (Fsp3) is 0.333. The lowest BCUT2D eigenvalue weighted by atomic mass is 10.1. The largest absolute Gasteiger partial charge is 0.328 e. The van der Waals surface area contributed by atoms with Gasteiger partial charge in [-0.05, 0) is 42.6 Å². The standard InChI is InChI=1S/C9H11ClN4/c1-6(11)4-7-2-3-14-8(5-7)12-13-9(14)10/h2-3,5-6H,4,11H2,1H3. The number of fused-ring (bicyclic) bond motifs is 1. The Bertz CT molecular complexity index is 449. The maximum atomic E-state index is 5.80. The van der Waals surface area contributed by atoms with Gasteiger partial charge in [-0.3, -0.25) is 4.40 Å². The first-order valence-corrected chi connectivity index (χ1v) is 4.79. The lowest BCUT2D eigenvalue weighted by Gasteiger charge is -2.04. The number of nitrogens with zero attached hydrogens (tertiary/aromatic N) is 3. The van der Waals surface area contributed by atoms with Gasteiger partial charge in [0, 0.05) is 12.2 Å². The molecule has 5 heteroatoms. The maximum Gasteiger partial charge on any atom is 0.229 e. The normalized spacial score (nSPS) is 13.4. The van der Waals surface area contributed by atoms with Crippen molar-refractivity contribution >= 4 is 17.2 Å². The van der Waals surface area contributed by atoms with Gasteiger partial charge in [-0.25, -0.2) is 0 Å². The van der Waals surface area contributed by atoms with Crippen LogP contribution in [0.2, 0.25) is 5.28 Å². The van der Waals surface area contributed by atoms with E-state index in [1.165, 1.54) is 0 Å². The molecule has 2 N–H and O–H groups in total. The number of hydrogen-bond acceptors (Lipinski definition) is 3. The minimum atomic E-state index is 0.149. The molecule has 0 aliphatic rings. The van der Waals surface area contributed by atoms with Gasteiger partial charge in [-0.1, -0.05) is 0 Å². The van der Waals surface area contributed by atoms with E-state index >= 15 is 0 Å². The second-order valence-electron chi connectivity index (χ2n) is 3.41. The molecule has 1 unspecified atom stereocenters. The summed E-state index contributed by atoms with van der Waals surface area (Å²) >= 11 is 5.80. The summed E-state index contributed by atoms with van der Waals surface area (Å²) in [6, 6.07) is 4.07. The van der Waals surface area contributed by atoms with Crippen LogP contribution in [0.15, 0.2) is 18.3 Å². The fourth-order valence-electron chi connectivity index (χ4n) is 1.40. The van der Waals surface area contributed by atoms with Crippen molar-refractivity contribution in [1.29, 1.82) is 0 Å². The van der Waals surface area contributed by atoms with Crippen LogP contribution in [0.1, 0.15) is 12.5 Å². The summed E-state index contributed by atoms with van der Waals surface area (Å²) in [5.41, 5.74) is 7.61. The molecular weight excluding hydrogens is 200 g/mol. The Morgan fingerprint density at radius 3 is 3.07 bits per heavy atom. The highest BCUT2D eigenvalue weighted by Crippen LogP contribution is 2.11. The van der Waals surface area contributed by atoms with Gasteiger partial charge in [0.2, 0.25) is 5.28 Å². The molecule has 0 aliphatic carbocycles.